The number of nitrogens with one attached hydrogen (secondary N) is 2. The molecule has 0 radical (unpaired) electrons. The summed E-state index contributed by atoms with van der Waals surface area (Å²) >= 11 is 0. The van der Waals surface area contributed by atoms with Gasteiger partial charge in [0.15, 0.2) is 11.8 Å². The molecule has 8 nitrogen and oxygen atoms in total. The van der Waals surface area contributed by atoms with Gasteiger partial charge in [-0.1, -0.05) is 12.1 Å². The Kier molecular flexibility index (Phi) is 9.83. The van der Waals surface area contributed by atoms with E-state index in [0.29, 0.717) is 19.7 Å². The minimum Gasteiger partial charge on any atom is -0.494 e. The second kappa shape index (κ2) is 12.1. The van der Waals surface area contributed by atoms with E-state index in [2.05, 4.69) is 46.0 Å². The fourth-order valence-electron chi connectivity index (χ4n) is 3.20. The SMILES string of the molecule is CCOc1cc(C)ccc1CN=C(NCc1nnc(C)n1C)NCC1CCCO1.I. The van der Waals surface area contributed by atoms with Crippen LogP contribution >= 0.6 is 24.0 Å². The third-order valence-electron chi connectivity index (χ3n) is 5.05. The van der Waals surface area contributed by atoms with Gasteiger partial charge in [-0.05, 0) is 45.2 Å². The molecule has 0 bridgehead atoms. The molecule has 1 aliphatic heterocycles. The maximum absolute atomic E-state index is 5.79. The lowest BCUT2D eigenvalue weighted by atomic mass is 10.1. The maximum atomic E-state index is 5.79. The van der Waals surface area contributed by atoms with Crippen LogP contribution in [-0.4, -0.2) is 46.6 Å². The topological polar surface area (TPSA) is 85.6 Å². The fraction of sp³-hybridized carbons (Fsp3) is 0.571. The van der Waals surface area contributed by atoms with Crippen LogP contribution in [0.3, 0.4) is 0 Å². The van der Waals surface area contributed by atoms with E-state index in [-0.39, 0.29) is 30.1 Å². The van der Waals surface area contributed by atoms with Crippen LogP contribution in [-0.2, 0) is 24.9 Å². The number of ether oxygens (including phenoxy) is 2. The standard InChI is InChI=1S/C21H32N6O2.HI/c1-5-28-19-11-15(2)8-9-17(19)12-22-21(23-13-18-7-6-10-29-18)24-14-20-26-25-16(3)27(20)4;/h8-9,11,18H,5-7,10,12-14H2,1-4H3,(H2,22,23,24);1H. The minimum absolute atomic E-state index is 0. The molecule has 1 aliphatic rings. The average Bonchev–Trinajstić information content (AvgIpc) is 3.34. The number of aromatic nitrogens is 3. The molecule has 2 heterocycles. The van der Waals surface area contributed by atoms with Gasteiger partial charge in [-0.2, -0.15) is 0 Å². The molecule has 1 fully saturated rings. The van der Waals surface area contributed by atoms with Gasteiger partial charge in [-0.15, -0.1) is 34.2 Å². The van der Waals surface area contributed by atoms with Crippen LogP contribution in [0.25, 0.3) is 0 Å². The van der Waals surface area contributed by atoms with Crippen molar-refractivity contribution in [3.8, 4) is 5.75 Å². The lowest BCUT2D eigenvalue weighted by Gasteiger charge is -2.16. The molecule has 0 aliphatic carbocycles. The van der Waals surface area contributed by atoms with Gasteiger partial charge in [0.2, 0.25) is 0 Å². The number of benzene rings is 1. The number of rotatable bonds is 8. The number of nitrogens with zero attached hydrogens (tertiary/aromatic N) is 4. The Morgan fingerprint density at radius 2 is 2.13 bits per heavy atom. The van der Waals surface area contributed by atoms with Crippen molar-refractivity contribution in [2.75, 3.05) is 19.8 Å². The Morgan fingerprint density at radius 3 is 2.80 bits per heavy atom. The minimum atomic E-state index is 0. The molecule has 9 heteroatoms. The Bertz CT molecular complexity index is 833. The van der Waals surface area contributed by atoms with Crippen LogP contribution in [0.1, 0.15) is 42.5 Å². The van der Waals surface area contributed by atoms with Gasteiger partial charge in [0.05, 0.1) is 25.8 Å². The van der Waals surface area contributed by atoms with Gasteiger partial charge in [0, 0.05) is 25.8 Å². The van der Waals surface area contributed by atoms with E-state index in [4.69, 9.17) is 14.5 Å². The molecule has 0 amide bonds. The van der Waals surface area contributed by atoms with Crippen molar-refractivity contribution in [2.24, 2.45) is 12.0 Å². The van der Waals surface area contributed by atoms with E-state index < -0.39 is 0 Å². The Morgan fingerprint density at radius 1 is 1.30 bits per heavy atom. The van der Waals surface area contributed by atoms with Crippen LogP contribution in [0, 0.1) is 13.8 Å². The van der Waals surface area contributed by atoms with Gasteiger partial charge < -0.3 is 24.7 Å². The first-order chi connectivity index (χ1) is 14.1. The first-order valence-electron chi connectivity index (χ1n) is 10.3. The summed E-state index contributed by atoms with van der Waals surface area (Å²) in [5.74, 6) is 3.36. The molecule has 2 N–H and O–H groups in total. The van der Waals surface area contributed by atoms with Crippen molar-refractivity contribution in [3.63, 3.8) is 0 Å². The fourth-order valence-corrected chi connectivity index (χ4v) is 3.20. The second-order valence-electron chi connectivity index (χ2n) is 7.30. The molecule has 1 aromatic carbocycles. The zero-order valence-corrected chi connectivity index (χ0v) is 20.6. The van der Waals surface area contributed by atoms with Gasteiger partial charge in [-0.25, -0.2) is 4.99 Å². The Hall–Kier alpha value is -1.88. The summed E-state index contributed by atoms with van der Waals surface area (Å²) in [5.41, 5.74) is 2.24. The number of hydrogen-bond donors (Lipinski definition) is 2. The van der Waals surface area contributed by atoms with Crippen molar-refractivity contribution in [2.45, 2.75) is 52.8 Å². The summed E-state index contributed by atoms with van der Waals surface area (Å²) in [6.45, 7) is 9.27. The lowest BCUT2D eigenvalue weighted by Crippen LogP contribution is -2.41. The zero-order valence-electron chi connectivity index (χ0n) is 18.3. The maximum Gasteiger partial charge on any atom is 0.192 e. The van der Waals surface area contributed by atoms with Crippen LogP contribution in [0.4, 0.5) is 0 Å². The number of aryl methyl sites for hydroxylation is 2. The predicted octanol–water partition coefficient (Wildman–Crippen LogP) is 2.86. The highest BCUT2D eigenvalue weighted by atomic mass is 127. The number of guanidine groups is 1. The van der Waals surface area contributed by atoms with Crippen molar-refractivity contribution in [3.05, 3.63) is 41.0 Å². The van der Waals surface area contributed by atoms with E-state index in [1.807, 2.05) is 25.5 Å². The van der Waals surface area contributed by atoms with Gasteiger partial charge >= 0.3 is 0 Å². The monoisotopic (exact) mass is 528 g/mol. The quantitative estimate of drug-likeness (QED) is 0.312. The van der Waals surface area contributed by atoms with Crippen LogP contribution in [0.5, 0.6) is 5.75 Å². The summed E-state index contributed by atoms with van der Waals surface area (Å²) < 4.78 is 13.5. The molecule has 2 aromatic rings. The smallest absolute Gasteiger partial charge is 0.192 e. The summed E-state index contributed by atoms with van der Waals surface area (Å²) in [7, 11) is 1.96. The first kappa shape index (κ1) is 24.4. The van der Waals surface area contributed by atoms with E-state index in [9.17, 15) is 0 Å². The van der Waals surface area contributed by atoms with Crippen molar-refractivity contribution < 1.29 is 9.47 Å². The molecule has 3 rings (SSSR count). The third-order valence-corrected chi connectivity index (χ3v) is 5.05. The summed E-state index contributed by atoms with van der Waals surface area (Å²) in [4.78, 5) is 4.78. The predicted molar refractivity (Wildman–Crippen MR) is 128 cm³/mol. The van der Waals surface area contributed by atoms with Gasteiger partial charge in [-0.3, -0.25) is 0 Å². The zero-order chi connectivity index (χ0) is 20.6. The molecule has 30 heavy (non-hydrogen) atoms. The van der Waals surface area contributed by atoms with E-state index in [1.54, 1.807) is 0 Å². The molecular weight excluding hydrogens is 495 g/mol. The molecule has 0 spiro atoms. The van der Waals surface area contributed by atoms with Crippen molar-refractivity contribution in [1.82, 2.24) is 25.4 Å². The first-order valence-corrected chi connectivity index (χ1v) is 10.3. The largest absolute Gasteiger partial charge is 0.494 e. The molecular formula is C21H33IN6O2. The average molecular weight is 528 g/mol. The van der Waals surface area contributed by atoms with Gasteiger partial charge in [0.1, 0.15) is 11.6 Å². The lowest BCUT2D eigenvalue weighted by molar-refractivity contribution is 0.113. The van der Waals surface area contributed by atoms with Crippen molar-refractivity contribution >= 4 is 29.9 Å². The Labute approximate surface area is 195 Å². The molecule has 1 unspecified atom stereocenters. The molecule has 0 saturated carbocycles. The second-order valence-corrected chi connectivity index (χ2v) is 7.30. The third kappa shape index (κ3) is 6.83. The summed E-state index contributed by atoms with van der Waals surface area (Å²) in [5, 5.41) is 15.1. The number of halogens is 1. The van der Waals surface area contributed by atoms with E-state index in [1.165, 1.54) is 5.56 Å². The molecule has 166 valence electrons. The highest BCUT2D eigenvalue weighted by Gasteiger charge is 2.16. The molecule has 1 aromatic heterocycles. The van der Waals surface area contributed by atoms with Crippen LogP contribution in [0.2, 0.25) is 0 Å². The molecule has 1 saturated heterocycles. The van der Waals surface area contributed by atoms with E-state index in [0.717, 1.165) is 54.9 Å². The van der Waals surface area contributed by atoms with Gasteiger partial charge in [0.25, 0.3) is 0 Å². The summed E-state index contributed by atoms with van der Waals surface area (Å²) in [6.07, 6.45) is 2.43. The van der Waals surface area contributed by atoms with Crippen LogP contribution < -0.4 is 15.4 Å². The summed E-state index contributed by atoms with van der Waals surface area (Å²) in [6, 6.07) is 6.22. The number of hydrogen-bond acceptors (Lipinski definition) is 5. The highest BCUT2D eigenvalue weighted by Crippen LogP contribution is 2.21. The normalized spacial score (nSPS) is 16.3. The number of aliphatic imine (C=N–C) groups is 1. The van der Waals surface area contributed by atoms with E-state index >= 15 is 0 Å². The van der Waals surface area contributed by atoms with Crippen molar-refractivity contribution in [1.29, 1.82) is 0 Å². The van der Waals surface area contributed by atoms with Crippen LogP contribution in [0.15, 0.2) is 23.2 Å². The molecule has 1 atom stereocenters. The Balaban J connectivity index is 0.00000320. The highest BCUT2D eigenvalue weighted by molar-refractivity contribution is 14.0.